The fourth-order valence-corrected chi connectivity index (χ4v) is 4.90. The van der Waals surface area contributed by atoms with E-state index in [-0.39, 0.29) is 11.8 Å². The molecule has 0 aliphatic carbocycles. The summed E-state index contributed by atoms with van der Waals surface area (Å²) in [6, 6.07) is 18.8. The fraction of sp³-hybridized carbons (Fsp3) is 0.323. The Labute approximate surface area is 233 Å². The van der Waals surface area contributed by atoms with Gasteiger partial charge in [0.05, 0.1) is 18.5 Å². The number of benzene rings is 2. The van der Waals surface area contributed by atoms with Gasteiger partial charge in [-0.15, -0.1) is 11.8 Å². The van der Waals surface area contributed by atoms with Gasteiger partial charge in [-0.3, -0.25) is 4.79 Å². The first-order valence-corrected chi connectivity index (χ1v) is 13.6. The van der Waals surface area contributed by atoms with Gasteiger partial charge in [0.25, 0.3) is 0 Å². The van der Waals surface area contributed by atoms with Gasteiger partial charge in [-0.1, -0.05) is 12.1 Å². The molecule has 2 aromatic carbocycles. The Morgan fingerprint density at radius 2 is 1.74 bits per heavy atom. The predicted octanol–water partition coefficient (Wildman–Crippen LogP) is 7.60. The normalized spacial score (nSPS) is 11.9. The molecule has 0 amide bonds. The van der Waals surface area contributed by atoms with Crippen LogP contribution in [0.15, 0.2) is 82.6 Å². The zero-order chi connectivity index (χ0) is 28.2. The molecular formula is C31H34FN3O3S. The Morgan fingerprint density at radius 3 is 2.38 bits per heavy atom. The number of halogens is 1. The Kier molecular flexibility index (Phi) is 8.45. The van der Waals surface area contributed by atoms with E-state index in [1.165, 1.54) is 24.2 Å². The number of furan rings is 1. The number of rotatable bonds is 9. The molecule has 8 heteroatoms. The first-order chi connectivity index (χ1) is 18.4. The smallest absolute Gasteiger partial charge is 0.322 e. The Balaban J connectivity index is 1.54. The van der Waals surface area contributed by atoms with Crippen molar-refractivity contribution in [3.05, 3.63) is 96.0 Å². The van der Waals surface area contributed by atoms with Gasteiger partial charge >= 0.3 is 5.97 Å². The van der Waals surface area contributed by atoms with Crippen molar-refractivity contribution >= 4 is 23.5 Å². The van der Waals surface area contributed by atoms with Gasteiger partial charge in [0, 0.05) is 23.1 Å². The number of hydrogen-bond donors (Lipinski definition) is 0. The second-order valence-electron chi connectivity index (χ2n) is 10.9. The minimum atomic E-state index is -0.726. The highest BCUT2D eigenvalue weighted by Gasteiger charge is 2.33. The summed E-state index contributed by atoms with van der Waals surface area (Å²) in [7, 11) is 0. The molecular weight excluding hydrogens is 513 g/mol. The van der Waals surface area contributed by atoms with Gasteiger partial charge in [-0.25, -0.2) is 14.4 Å². The third kappa shape index (κ3) is 7.69. The van der Waals surface area contributed by atoms with Crippen molar-refractivity contribution in [1.29, 1.82) is 0 Å². The molecule has 0 radical (unpaired) electrons. The summed E-state index contributed by atoms with van der Waals surface area (Å²) >= 11 is 1.47. The molecule has 4 aromatic rings. The Hall–Kier alpha value is -3.65. The lowest BCUT2D eigenvalue weighted by Gasteiger charge is -2.28. The van der Waals surface area contributed by atoms with Gasteiger partial charge in [0.15, 0.2) is 0 Å². The van der Waals surface area contributed by atoms with E-state index in [0.717, 1.165) is 27.6 Å². The number of carbonyl (C=O) groups excluding carboxylic acids is 1. The molecule has 0 N–H and O–H groups in total. The van der Waals surface area contributed by atoms with E-state index >= 15 is 0 Å². The maximum atomic E-state index is 13.8. The largest absolute Gasteiger partial charge is 0.467 e. The van der Waals surface area contributed by atoms with Crippen LogP contribution < -0.4 is 4.90 Å². The zero-order valence-electron chi connectivity index (χ0n) is 23.2. The lowest BCUT2D eigenvalue weighted by Crippen LogP contribution is -2.36. The Morgan fingerprint density at radius 1 is 1.00 bits per heavy atom. The van der Waals surface area contributed by atoms with Crippen LogP contribution in [0.2, 0.25) is 0 Å². The number of hydrogen-bond acceptors (Lipinski definition) is 7. The van der Waals surface area contributed by atoms with E-state index < -0.39 is 10.3 Å². The predicted molar refractivity (Wildman–Crippen MR) is 153 cm³/mol. The molecule has 0 aliphatic heterocycles. The van der Waals surface area contributed by atoms with Gasteiger partial charge in [-0.05, 0) is 95.1 Å². The van der Waals surface area contributed by atoms with Crippen LogP contribution in [0.1, 0.15) is 51.5 Å². The molecule has 39 heavy (non-hydrogen) atoms. The van der Waals surface area contributed by atoms with Crippen molar-refractivity contribution in [2.75, 3.05) is 4.90 Å². The molecule has 0 aliphatic rings. The van der Waals surface area contributed by atoms with E-state index in [9.17, 15) is 9.18 Å². The SMILES string of the molecule is Cc1cc(-c2cc(N(Cc3ccc(SC(C)(C)C(=O)OC(C)(C)C)cc3)Cc3ccco3)ncn2)ccc1F. The summed E-state index contributed by atoms with van der Waals surface area (Å²) < 4.78 is 24.3. The van der Waals surface area contributed by atoms with Gasteiger partial charge in [-0.2, -0.15) is 0 Å². The van der Waals surface area contributed by atoms with Gasteiger partial charge in [0.2, 0.25) is 0 Å². The summed E-state index contributed by atoms with van der Waals surface area (Å²) in [6.07, 6.45) is 3.18. The molecule has 0 unspecified atom stereocenters. The summed E-state index contributed by atoms with van der Waals surface area (Å²) in [6.45, 7) is 12.2. The number of aryl methyl sites for hydroxylation is 1. The third-order valence-electron chi connectivity index (χ3n) is 5.92. The highest BCUT2D eigenvalue weighted by atomic mass is 32.2. The van der Waals surface area contributed by atoms with Crippen LogP contribution in [0.3, 0.4) is 0 Å². The molecule has 0 saturated carbocycles. The number of thioether (sulfide) groups is 1. The van der Waals surface area contributed by atoms with E-state index in [1.807, 2.05) is 77.1 Å². The fourth-order valence-electron chi connectivity index (χ4n) is 3.91. The van der Waals surface area contributed by atoms with Crippen LogP contribution in [0.25, 0.3) is 11.3 Å². The molecule has 2 heterocycles. The van der Waals surface area contributed by atoms with Crippen LogP contribution in [0.5, 0.6) is 0 Å². The lowest BCUT2D eigenvalue weighted by atomic mass is 10.1. The number of aromatic nitrogens is 2. The first-order valence-electron chi connectivity index (χ1n) is 12.8. The average molecular weight is 548 g/mol. The second-order valence-corrected chi connectivity index (χ2v) is 12.6. The van der Waals surface area contributed by atoms with Crippen molar-refractivity contribution in [2.45, 2.75) is 69.9 Å². The molecule has 2 aromatic heterocycles. The van der Waals surface area contributed by atoms with Gasteiger partial charge < -0.3 is 14.1 Å². The number of carbonyl (C=O) groups is 1. The number of nitrogens with zero attached hydrogens (tertiary/aromatic N) is 3. The minimum absolute atomic E-state index is 0.246. The maximum Gasteiger partial charge on any atom is 0.322 e. The van der Waals surface area contributed by atoms with Crippen LogP contribution in [-0.2, 0) is 22.6 Å². The summed E-state index contributed by atoms with van der Waals surface area (Å²) in [4.78, 5) is 24.7. The van der Waals surface area contributed by atoms with E-state index in [4.69, 9.17) is 9.15 Å². The van der Waals surface area contributed by atoms with Crippen molar-refractivity contribution in [3.63, 3.8) is 0 Å². The van der Waals surface area contributed by atoms with Crippen molar-refractivity contribution < 1.29 is 18.3 Å². The standard InChI is InChI=1S/C31H34FN3O3S/c1-21-16-23(11-14-26(21)32)27-17-28(34-20-33-27)35(19-24-8-7-15-37-24)18-22-9-12-25(13-10-22)39-31(5,6)29(36)38-30(2,3)4/h7-17,20H,18-19H2,1-6H3. The maximum absolute atomic E-state index is 13.8. The summed E-state index contributed by atoms with van der Waals surface area (Å²) in [5.41, 5.74) is 2.63. The number of anilines is 1. The van der Waals surface area contributed by atoms with Crippen molar-refractivity contribution in [2.24, 2.45) is 0 Å². The molecule has 204 valence electrons. The number of ether oxygens (including phenoxy) is 1. The molecule has 6 nitrogen and oxygen atoms in total. The van der Waals surface area contributed by atoms with Crippen LogP contribution >= 0.6 is 11.8 Å². The topological polar surface area (TPSA) is 68.5 Å². The highest BCUT2D eigenvalue weighted by molar-refractivity contribution is 8.01. The van der Waals surface area contributed by atoms with Crippen LogP contribution in [0.4, 0.5) is 10.2 Å². The number of esters is 1. The monoisotopic (exact) mass is 547 g/mol. The van der Waals surface area contributed by atoms with Crippen molar-refractivity contribution in [3.8, 4) is 11.3 Å². The van der Waals surface area contributed by atoms with E-state index in [1.54, 1.807) is 25.3 Å². The molecule has 0 saturated heterocycles. The highest BCUT2D eigenvalue weighted by Crippen LogP contribution is 2.35. The molecule has 0 bridgehead atoms. The molecule has 0 fully saturated rings. The Bertz CT molecular complexity index is 1410. The summed E-state index contributed by atoms with van der Waals surface area (Å²) in [5, 5.41) is 0. The van der Waals surface area contributed by atoms with E-state index in [0.29, 0.717) is 24.3 Å². The third-order valence-corrected chi connectivity index (χ3v) is 7.10. The lowest BCUT2D eigenvalue weighted by molar-refractivity contribution is -0.156. The van der Waals surface area contributed by atoms with Gasteiger partial charge in [0.1, 0.15) is 34.1 Å². The second kappa shape index (κ2) is 11.6. The molecule has 4 rings (SSSR count). The van der Waals surface area contributed by atoms with Crippen LogP contribution in [-0.4, -0.2) is 26.3 Å². The molecule has 0 atom stereocenters. The summed E-state index contributed by atoms with van der Waals surface area (Å²) in [5.74, 6) is 1.04. The van der Waals surface area contributed by atoms with Crippen molar-refractivity contribution in [1.82, 2.24) is 9.97 Å². The van der Waals surface area contributed by atoms with E-state index in [2.05, 4.69) is 14.9 Å². The minimum Gasteiger partial charge on any atom is -0.467 e. The zero-order valence-corrected chi connectivity index (χ0v) is 24.0. The average Bonchev–Trinajstić information content (AvgIpc) is 3.38. The van der Waals surface area contributed by atoms with Crippen LogP contribution in [0, 0.1) is 12.7 Å². The molecule has 0 spiro atoms. The quantitative estimate of drug-likeness (QED) is 0.158. The first kappa shape index (κ1) is 28.4.